The summed E-state index contributed by atoms with van der Waals surface area (Å²) >= 11 is 0. The predicted octanol–water partition coefficient (Wildman–Crippen LogP) is 0.803. The summed E-state index contributed by atoms with van der Waals surface area (Å²) in [5.74, 6) is -0.177. The van der Waals surface area contributed by atoms with E-state index >= 15 is 0 Å². The number of halogens is 2. The van der Waals surface area contributed by atoms with E-state index in [1.54, 1.807) is 11.8 Å². The van der Waals surface area contributed by atoms with E-state index < -0.39 is 19.0 Å². The number of rotatable bonds is 8. The summed E-state index contributed by atoms with van der Waals surface area (Å²) in [6, 6.07) is -0.629. The fourth-order valence-corrected chi connectivity index (χ4v) is 1.70. The van der Waals surface area contributed by atoms with E-state index in [0.29, 0.717) is 13.1 Å². The number of nitrogens with zero attached hydrogens (tertiary/aromatic N) is 2. The molecule has 0 bridgehead atoms. The largest absolute Gasteiger partial charge is 0.395 e. The Hall–Kier alpha value is -0.750. The third-order valence-electron chi connectivity index (χ3n) is 2.74. The lowest BCUT2D eigenvalue weighted by Gasteiger charge is -2.31. The molecule has 17 heavy (non-hydrogen) atoms. The first-order valence-electron chi connectivity index (χ1n) is 5.89. The Labute approximate surface area is 101 Å². The lowest BCUT2D eigenvalue weighted by atomic mass is 10.2. The minimum absolute atomic E-state index is 0.0819. The number of aliphatic hydroxyl groups excluding tert-OH is 1. The van der Waals surface area contributed by atoms with Crippen molar-refractivity contribution in [3.63, 3.8) is 0 Å². The van der Waals surface area contributed by atoms with Crippen molar-refractivity contribution in [2.75, 3.05) is 32.8 Å². The lowest BCUT2D eigenvalue weighted by Crippen LogP contribution is -2.49. The molecule has 0 spiro atoms. The molecular weight excluding hydrogens is 230 g/mol. The van der Waals surface area contributed by atoms with Crippen LogP contribution in [0.2, 0.25) is 0 Å². The molecule has 4 nitrogen and oxygen atoms in total. The molecule has 0 saturated heterocycles. The molecule has 0 aliphatic carbocycles. The molecule has 102 valence electrons. The second-order valence-electron chi connectivity index (χ2n) is 3.80. The molecule has 0 radical (unpaired) electrons. The van der Waals surface area contributed by atoms with Crippen LogP contribution in [0, 0.1) is 0 Å². The first-order valence-corrected chi connectivity index (χ1v) is 5.89. The number of hydrogen-bond acceptors (Lipinski definition) is 3. The van der Waals surface area contributed by atoms with Gasteiger partial charge >= 0.3 is 0 Å². The normalized spacial score (nSPS) is 13.2. The highest BCUT2D eigenvalue weighted by Gasteiger charge is 2.26. The van der Waals surface area contributed by atoms with Gasteiger partial charge in [-0.05, 0) is 20.8 Å². The Morgan fingerprint density at radius 3 is 2.18 bits per heavy atom. The van der Waals surface area contributed by atoms with Crippen LogP contribution in [0.15, 0.2) is 0 Å². The molecular formula is C11H22F2N2O2. The van der Waals surface area contributed by atoms with E-state index in [2.05, 4.69) is 0 Å². The van der Waals surface area contributed by atoms with Gasteiger partial charge in [-0.3, -0.25) is 9.69 Å². The van der Waals surface area contributed by atoms with Gasteiger partial charge in [-0.1, -0.05) is 0 Å². The second kappa shape index (κ2) is 8.36. The zero-order valence-corrected chi connectivity index (χ0v) is 10.7. The van der Waals surface area contributed by atoms with Crippen molar-refractivity contribution in [3.05, 3.63) is 0 Å². The standard InChI is InChI=1S/C11H22F2N2O2/c1-4-14(5-2)11(17)9(3)15(6-7-16)8-10(12)13/h9-10,16H,4-8H2,1-3H3. The SMILES string of the molecule is CCN(CC)C(=O)C(C)N(CCO)CC(F)F. The average molecular weight is 252 g/mol. The van der Waals surface area contributed by atoms with Gasteiger partial charge in [0.2, 0.25) is 5.91 Å². The number of carbonyl (C=O) groups is 1. The third-order valence-corrected chi connectivity index (χ3v) is 2.74. The Kier molecular flexibility index (Phi) is 7.99. The lowest BCUT2D eigenvalue weighted by molar-refractivity contribution is -0.136. The van der Waals surface area contributed by atoms with Gasteiger partial charge in [-0.2, -0.15) is 0 Å². The maximum atomic E-state index is 12.3. The summed E-state index contributed by atoms with van der Waals surface area (Å²) < 4.78 is 24.7. The summed E-state index contributed by atoms with van der Waals surface area (Å²) in [6.45, 7) is 5.76. The number of likely N-dealkylation sites (N-methyl/N-ethyl adjacent to an activating group) is 1. The Balaban J connectivity index is 4.57. The molecule has 0 heterocycles. The summed E-state index contributed by atoms with van der Waals surface area (Å²) in [4.78, 5) is 14.9. The molecule has 0 aromatic heterocycles. The molecule has 0 aromatic carbocycles. The fourth-order valence-electron chi connectivity index (χ4n) is 1.70. The molecule has 1 N–H and O–H groups in total. The van der Waals surface area contributed by atoms with E-state index in [9.17, 15) is 13.6 Å². The van der Waals surface area contributed by atoms with Crippen LogP contribution < -0.4 is 0 Å². The Morgan fingerprint density at radius 2 is 1.82 bits per heavy atom. The third kappa shape index (κ3) is 5.41. The van der Waals surface area contributed by atoms with E-state index in [1.807, 2.05) is 13.8 Å². The summed E-state index contributed by atoms with van der Waals surface area (Å²) in [6.07, 6.45) is -2.51. The van der Waals surface area contributed by atoms with Crippen LogP contribution in [-0.4, -0.2) is 66.1 Å². The molecule has 0 aliphatic heterocycles. The van der Waals surface area contributed by atoms with Gasteiger partial charge in [-0.15, -0.1) is 0 Å². The van der Waals surface area contributed by atoms with Crippen LogP contribution >= 0.6 is 0 Å². The Morgan fingerprint density at radius 1 is 1.29 bits per heavy atom. The van der Waals surface area contributed by atoms with E-state index in [1.165, 1.54) is 4.90 Å². The zero-order chi connectivity index (χ0) is 13.4. The fraction of sp³-hybridized carbons (Fsp3) is 0.909. The van der Waals surface area contributed by atoms with Crippen molar-refractivity contribution in [2.45, 2.75) is 33.2 Å². The number of amides is 1. The highest BCUT2D eigenvalue weighted by molar-refractivity contribution is 5.81. The van der Waals surface area contributed by atoms with Gasteiger partial charge in [0.15, 0.2) is 0 Å². The van der Waals surface area contributed by atoms with Crippen molar-refractivity contribution in [3.8, 4) is 0 Å². The van der Waals surface area contributed by atoms with Crippen molar-refractivity contribution in [1.82, 2.24) is 9.80 Å². The molecule has 6 heteroatoms. The molecule has 0 fully saturated rings. The molecule has 1 atom stereocenters. The molecule has 1 unspecified atom stereocenters. The summed E-state index contributed by atoms with van der Waals surface area (Å²) in [7, 11) is 0. The van der Waals surface area contributed by atoms with Crippen LogP contribution in [0.25, 0.3) is 0 Å². The zero-order valence-electron chi connectivity index (χ0n) is 10.7. The molecule has 0 aromatic rings. The highest BCUT2D eigenvalue weighted by Crippen LogP contribution is 2.07. The van der Waals surface area contributed by atoms with Crippen LogP contribution in [0.4, 0.5) is 8.78 Å². The van der Waals surface area contributed by atoms with E-state index in [-0.39, 0.29) is 19.1 Å². The quantitative estimate of drug-likeness (QED) is 0.695. The van der Waals surface area contributed by atoms with Crippen LogP contribution in [0.5, 0.6) is 0 Å². The highest BCUT2D eigenvalue weighted by atomic mass is 19.3. The smallest absolute Gasteiger partial charge is 0.251 e. The van der Waals surface area contributed by atoms with E-state index in [4.69, 9.17) is 5.11 Å². The number of carbonyl (C=O) groups excluding carboxylic acids is 1. The monoisotopic (exact) mass is 252 g/mol. The molecule has 0 rings (SSSR count). The minimum atomic E-state index is -2.51. The average Bonchev–Trinajstić information content (AvgIpc) is 2.28. The van der Waals surface area contributed by atoms with Crippen molar-refractivity contribution in [2.24, 2.45) is 0 Å². The number of aliphatic hydroxyl groups is 1. The predicted molar refractivity (Wildman–Crippen MR) is 62.1 cm³/mol. The van der Waals surface area contributed by atoms with Crippen molar-refractivity contribution < 1.29 is 18.7 Å². The molecule has 0 aliphatic rings. The topological polar surface area (TPSA) is 43.8 Å². The first-order chi connectivity index (χ1) is 7.97. The summed E-state index contributed by atoms with van der Waals surface area (Å²) in [5.41, 5.74) is 0. The maximum absolute atomic E-state index is 12.3. The second-order valence-corrected chi connectivity index (χ2v) is 3.80. The van der Waals surface area contributed by atoms with Crippen LogP contribution in [-0.2, 0) is 4.79 Å². The van der Waals surface area contributed by atoms with Gasteiger partial charge in [0.1, 0.15) is 0 Å². The van der Waals surface area contributed by atoms with Gasteiger partial charge in [0, 0.05) is 19.6 Å². The molecule has 1 amide bonds. The van der Waals surface area contributed by atoms with Crippen molar-refractivity contribution >= 4 is 5.91 Å². The number of hydrogen-bond donors (Lipinski definition) is 1. The van der Waals surface area contributed by atoms with Crippen molar-refractivity contribution in [1.29, 1.82) is 0 Å². The Bertz CT molecular complexity index is 224. The summed E-state index contributed by atoms with van der Waals surface area (Å²) in [5, 5.41) is 8.82. The molecule has 0 saturated carbocycles. The van der Waals surface area contributed by atoms with Crippen LogP contribution in [0.1, 0.15) is 20.8 Å². The van der Waals surface area contributed by atoms with Gasteiger partial charge < -0.3 is 10.0 Å². The van der Waals surface area contributed by atoms with Gasteiger partial charge in [0.05, 0.1) is 19.2 Å². The van der Waals surface area contributed by atoms with Crippen LogP contribution in [0.3, 0.4) is 0 Å². The van der Waals surface area contributed by atoms with Gasteiger partial charge in [-0.25, -0.2) is 8.78 Å². The maximum Gasteiger partial charge on any atom is 0.251 e. The first kappa shape index (κ1) is 16.2. The van der Waals surface area contributed by atoms with E-state index in [0.717, 1.165) is 0 Å². The van der Waals surface area contributed by atoms with Gasteiger partial charge in [0.25, 0.3) is 6.43 Å². The minimum Gasteiger partial charge on any atom is -0.395 e. The number of alkyl halides is 2.